The van der Waals surface area contributed by atoms with Crippen molar-refractivity contribution in [2.75, 3.05) is 13.7 Å². The third-order valence-electron chi connectivity index (χ3n) is 3.68. The molecular weight excluding hydrogens is 361 g/mol. The van der Waals surface area contributed by atoms with E-state index < -0.39 is 0 Å². The maximum atomic E-state index is 13.7. The van der Waals surface area contributed by atoms with Crippen molar-refractivity contribution in [2.45, 2.75) is 20.4 Å². The molecule has 0 unspecified atom stereocenters. The second-order valence-corrected chi connectivity index (χ2v) is 6.44. The fraction of sp³-hybridized carbons (Fsp3) is 0.278. The number of carbonyl (C=O) groups excluding carboxylic acids is 1. The Morgan fingerprint density at radius 3 is 2.61 bits per heavy atom. The number of ether oxygens (including phenoxy) is 1. The summed E-state index contributed by atoms with van der Waals surface area (Å²) in [6.07, 6.45) is 0. The van der Waals surface area contributed by atoms with Crippen molar-refractivity contribution in [3.05, 3.63) is 63.4 Å². The van der Waals surface area contributed by atoms with Crippen LogP contribution in [0.1, 0.15) is 16.7 Å². The first kappa shape index (κ1) is 17.5. The predicted molar refractivity (Wildman–Crippen MR) is 92.0 cm³/mol. The quantitative estimate of drug-likeness (QED) is 0.777. The summed E-state index contributed by atoms with van der Waals surface area (Å²) in [5.41, 5.74) is 2.74. The summed E-state index contributed by atoms with van der Waals surface area (Å²) in [6.45, 7) is 4.13. The fourth-order valence-electron chi connectivity index (χ4n) is 2.07. The van der Waals surface area contributed by atoms with E-state index in [1.54, 1.807) is 19.2 Å². The summed E-state index contributed by atoms with van der Waals surface area (Å²) in [5, 5.41) is 0. The lowest BCUT2D eigenvalue weighted by Gasteiger charge is -2.18. The van der Waals surface area contributed by atoms with Gasteiger partial charge in [0.05, 0.1) is 0 Å². The number of hydrogen-bond acceptors (Lipinski definition) is 2. The highest BCUT2D eigenvalue weighted by Crippen LogP contribution is 2.18. The van der Waals surface area contributed by atoms with Crippen LogP contribution in [0.5, 0.6) is 5.75 Å². The SMILES string of the molecule is Cc1ccc(OCC(=O)N(C)Cc2cc(Br)ccc2F)cc1C. The standard InChI is InChI=1S/C18H19BrFNO2/c1-12-4-6-16(8-13(12)2)23-11-18(22)21(3)10-14-9-15(19)5-7-17(14)20/h4-9H,10-11H2,1-3H3. The molecule has 0 aromatic heterocycles. The zero-order valence-electron chi connectivity index (χ0n) is 13.4. The van der Waals surface area contributed by atoms with E-state index in [1.165, 1.54) is 16.5 Å². The minimum Gasteiger partial charge on any atom is -0.484 e. The highest BCUT2D eigenvalue weighted by atomic mass is 79.9. The van der Waals surface area contributed by atoms with Gasteiger partial charge in [-0.05, 0) is 55.3 Å². The molecule has 0 aliphatic rings. The number of carbonyl (C=O) groups is 1. The molecule has 0 fully saturated rings. The van der Waals surface area contributed by atoms with Gasteiger partial charge in [0.25, 0.3) is 5.91 Å². The van der Waals surface area contributed by atoms with Gasteiger partial charge in [0.1, 0.15) is 11.6 Å². The van der Waals surface area contributed by atoms with Crippen molar-refractivity contribution < 1.29 is 13.9 Å². The zero-order valence-corrected chi connectivity index (χ0v) is 15.0. The third-order valence-corrected chi connectivity index (χ3v) is 4.17. The monoisotopic (exact) mass is 379 g/mol. The van der Waals surface area contributed by atoms with Gasteiger partial charge in [-0.1, -0.05) is 22.0 Å². The molecule has 23 heavy (non-hydrogen) atoms. The summed E-state index contributed by atoms with van der Waals surface area (Å²) >= 11 is 3.30. The number of halogens is 2. The molecule has 1 amide bonds. The van der Waals surface area contributed by atoms with E-state index in [2.05, 4.69) is 15.9 Å². The lowest BCUT2D eigenvalue weighted by atomic mass is 10.1. The molecule has 0 aliphatic carbocycles. The van der Waals surface area contributed by atoms with Crippen LogP contribution in [-0.2, 0) is 11.3 Å². The molecule has 5 heteroatoms. The number of aryl methyl sites for hydroxylation is 2. The molecule has 0 saturated heterocycles. The van der Waals surface area contributed by atoms with E-state index in [0.717, 1.165) is 10.0 Å². The highest BCUT2D eigenvalue weighted by molar-refractivity contribution is 9.10. The minimum atomic E-state index is -0.331. The molecule has 0 bridgehead atoms. The van der Waals surface area contributed by atoms with Crippen molar-refractivity contribution in [3.63, 3.8) is 0 Å². The minimum absolute atomic E-state index is 0.0748. The lowest BCUT2D eigenvalue weighted by molar-refractivity contribution is -0.132. The van der Waals surface area contributed by atoms with Gasteiger partial charge in [-0.15, -0.1) is 0 Å². The number of likely N-dealkylation sites (N-methyl/N-ethyl adjacent to an activating group) is 1. The van der Waals surface area contributed by atoms with Gasteiger partial charge in [-0.25, -0.2) is 4.39 Å². The molecule has 2 aromatic rings. The van der Waals surface area contributed by atoms with E-state index in [0.29, 0.717) is 11.3 Å². The van der Waals surface area contributed by atoms with Crippen molar-refractivity contribution in [2.24, 2.45) is 0 Å². The Labute approximate surface area is 144 Å². The van der Waals surface area contributed by atoms with E-state index in [9.17, 15) is 9.18 Å². The molecule has 0 atom stereocenters. The molecule has 0 aliphatic heterocycles. The van der Waals surface area contributed by atoms with E-state index in [1.807, 2.05) is 32.0 Å². The van der Waals surface area contributed by atoms with E-state index >= 15 is 0 Å². The van der Waals surface area contributed by atoms with Gasteiger partial charge in [-0.3, -0.25) is 4.79 Å². The van der Waals surface area contributed by atoms with E-state index in [4.69, 9.17) is 4.74 Å². The maximum Gasteiger partial charge on any atom is 0.260 e. The van der Waals surface area contributed by atoms with Crippen LogP contribution in [0.2, 0.25) is 0 Å². The van der Waals surface area contributed by atoms with Crippen LogP contribution < -0.4 is 4.74 Å². The predicted octanol–water partition coefficient (Wildman–Crippen LogP) is 4.24. The van der Waals surface area contributed by atoms with Crippen LogP contribution in [0.4, 0.5) is 4.39 Å². The van der Waals surface area contributed by atoms with Gasteiger partial charge < -0.3 is 9.64 Å². The Morgan fingerprint density at radius 2 is 1.91 bits per heavy atom. The molecule has 2 aromatic carbocycles. The average Bonchev–Trinajstić information content (AvgIpc) is 2.51. The number of amides is 1. The molecular formula is C18H19BrFNO2. The molecule has 0 N–H and O–H groups in total. The first-order chi connectivity index (χ1) is 10.9. The second-order valence-electron chi connectivity index (χ2n) is 5.52. The maximum absolute atomic E-state index is 13.7. The normalized spacial score (nSPS) is 10.5. The molecule has 0 heterocycles. The number of hydrogen-bond donors (Lipinski definition) is 0. The van der Waals surface area contributed by atoms with Crippen molar-refractivity contribution in [3.8, 4) is 5.75 Å². The van der Waals surface area contributed by atoms with Crippen LogP contribution in [-0.4, -0.2) is 24.5 Å². The summed E-state index contributed by atoms with van der Waals surface area (Å²) in [4.78, 5) is 13.6. The Hall–Kier alpha value is -1.88. The molecule has 3 nitrogen and oxygen atoms in total. The topological polar surface area (TPSA) is 29.5 Å². The molecule has 0 spiro atoms. The van der Waals surface area contributed by atoms with Crippen LogP contribution in [0.25, 0.3) is 0 Å². The van der Waals surface area contributed by atoms with Crippen LogP contribution in [0.15, 0.2) is 40.9 Å². The Morgan fingerprint density at radius 1 is 1.17 bits per heavy atom. The molecule has 0 saturated carbocycles. The number of benzene rings is 2. The largest absolute Gasteiger partial charge is 0.484 e. The third kappa shape index (κ3) is 4.79. The fourth-order valence-corrected chi connectivity index (χ4v) is 2.48. The average molecular weight is 380 g/mol. The van der Waals surface area contributed by atoms with Gasteiger partial charge in [0.15, 0.2) is 6.61 Å². The highest BCUT2D eigenvalue weighted by Gasteiger charge is 2.13. The lowest BCUT2D eigenvalue weighted by Crippen LogP contribution is -2.31. The van der Waals surface area contributed by atoms with Gasteiger partial charge in [0, 0.05) is 23.6 Å². The first-order valence-electron chi connectivity index (χ1n) is 7.25. The summed E-state index contributed by atoms with van der Waals surface area (Å²) < 4.78 is 20.0. The van der Waals surface area contributed by atoms with Gasteiger partial charge >= 0.3 is 0 Å². The summed E-state index contributed by atoms with van der Waals surface area (Å²) in [6, 6.07) is 10.4. The van der Waals surface area contributed by atoms with Crippen molar-refractivity contribution in [1.29, 1.82) is 0 Å². The Kier molecular flexibility index (Phi) is 5.77. The van der Waals surface area contributed by atoms with E-state index in [-0.39, 0.29) is 24.9 Å². The van der Waals surface area contributed by atoms with Crippen LogP contribution >= 0.6 is 15.9 Å². The zero-order chi connectivity index (χ0) is 17.0. The Bertz CT molecular complexity index is 718. The van der Waals surface area contributed by atoms with Gasteiger partial charge in [-0.2, -0.15) is 0 Å². The molecule has 122 valence electrons. The van der Waals surface area contributed by atoms with Crippen LogP contribution in [0, 0.1) is 19.7 Å². The first-order valence-corrected chi connectivity index (χ1v) is 8.04. The molecule has 0 radical (unpaired) electrons. The van der Waals surface area contributed by atoms with Gasteiger partial charge in [0.2, 0.25) is 0 Å². The number of rotatable bonds is 5. The van der Waals surface area contributed by atoms with Crippen molar-refractivity contribution >= 4 is 21.8 Å². The summed E-state index contributed by atoms with van der Waals surface area (Å²) in [7, 11) is 1.63. The second kappa shape index (κ2) is 7.59. The Balaban J connectivity index is 1.94. The smallest absolute Gasteiger partial charge is 0.260 e. The summed E-state index contributed by atoms with van der Waals surface area (Å²) in [5.74, 6) is 0.119. The number of nitrogens with zero attached hydrogens (tertiary/aromatic N) is 1. The molecule has 2 rings (SSSR count). The van der Waals surface area contributed by atoms with Crippen molar-refractivity contribution in [1.82, 2.24) is 4.90 Å². The van der Waals surface area contributed by atoms with Crippen LogP contribution in [0.3, 0.4) is 0 Å².